The second-order valence-electron chi connectivity index (χ2n) is 8.26. The topological polar surface area (TPSA) is 80.8 Å². The lowest BCUT2D eigenvalue weighted by molar-refractivity contribution is -0.126. The highest BCUT2D eigenvalue weighted by Gasteiger charge is 2.28. The minimum Gasteiger partial charge on any atom is -0.454 e. The van der Waals surface area contributed by atoms with Crippen LogP contribution in [0.2, 0.25) is 0 Å². The zero-order chi connectivity index (χ0) is 21.8. The Balaban J connectivity index is 1.38. The summed E-state index contributed by atoms with van der Waals surface area (Å²) in [5, 5.41) is 0. The zero-order valence-electron chi connectivity index (χ0n) is 17.5. The fraction of sp³-hybridized carbons (Fsp3) is 0.417. The van der Waals surface area contributed by atoms with Gasteiger partial charge in [-0.2, -0.15) is 4.31 Å². The SMILES string of the molecule is O=C(OCC(=O)C1CCCCC1)c1ccc(S(=O)(=O)N2CCc3ccccc3C2)cc1. The smallest absolute Gasteiger partial charge is 0.338 e. The summed E-state index contributed by atoms with van der Waals surface area (Å²) in [6.45, 7) is 0.536. The molecule has 0 amide bonds. The van der Waals surface area contributed by atoms with Crippen LogP contribution in [0.15, 0.2) is 53.4 Å². The first-order valence-electron chi connectivity index (χ1n) is 10.8. The number of fused-ring (bicyclic) bond motifs is 1. The van der Waals surface area contributed by atoms with Crippen molar-refractivity contribution < 1.29 is 22.7 Å². The van der Waals surface area contributed by atoms with Crippen molar-refractivity contribution in [3.8, 4) is 0 Å². The molecule has 2 aromatic carbocycles. The molecular formula is C24H27NO5S. The second kappa shape index (κ2) is 9.32. The highest BCUT2D eigenvalue weighted by Crippen LogP contribution is 2.26. The van der Waals surface area contributed by atoms with Gasteiger partial charge < -0.3 is 4.74 Å². The molecule has 0 atom stereocenters. The number of carbonyl (C=O) groups is 2. The van der Waals surface area contributed by atoms with Gasteiger partial charge in [-0.15, -0.1) is 0 Å². The molecule has 0 saturated heterocycles. The number of sulfonamides is 1. The molecule has 0 aromatic heterocycles. The van der Waals surface area contributed by atoms with E-state index in [9.17, 15) is 18.0 Å². The average Bonchev–Trinajstić information content (AvgIpc) is 2.82. The van der Waals surface area contributed by atoms with Gasteiger partial charge in [-0.3, -0.25) is 4.79 Å². The molecule has 4 rings (SSSR count). The lowest BCUT2D eigenvalue weighted by Crippen LogP contribution is -2.35. The van der Waals surface area contributed by atoms with Gasteiger partial charge >= 0.3 is 5.97 Å². The van der Waals surface area contributed by atoms with Gasteiger partial charge in [-0.05, 0) is 54.7 Å². The normalized spacial score (nSPS) is 17.7. The van der Waals surface area contributed by atoms with Crippen molar-refractivity contribution in [3.63, 3.8) is 0 Å². The lowest BCUT2D eigenvalue weighted by Gasteiger charge is -2.28. The maximum absolute atomic E-state index is 13.0. The monoisotopic (exact) mass is 441 g/mol. The van der Waals surface area contributed by atoms with Gasteiger partial charge in [0.25, 0.3) is 0 Å². The van der Waals surface area contributed by atoms with E-state index in [1.54, 1.807) is 0 Å². The number of ether oxygens (including phenoxy) is 1. The Kier molecular flexibility index (Phi) is 6.53. The molecular weight excluding hydrogens is 414 g/mol. The van der Waals surface area contributed by atoms with E-state index in [0.717, 1.165) is 37.7 Å². The number of benzene rings is 2. The average molecular weight is 442 g/mol. The molecule has 0 N–H and O–H groups in total. The summed E-state index contributed by atoms with van der Waals surface area (Å²) in [5.41, 5.74) is 2.43. The summed E-state index contributed by atoms with van der Waals surface area (Å²) in [7, 11) is -3.66. The molecule has 7 heteroatoms. The van der Waals surface area contributed by atoms with Crippen molar-refractivity contribution in [2.45, 2.75) is 50.0 Å². The van der Waals surface area contributed by atoms with Crippen LogP contribution in [0, 0.1) is 5.92 Å². The van der Waals surface area contributed by atoms with Gasteiger partial charge in [0.15, 0.2) is 12.4 Å². The molecule has 1 fully saturated rings. The van der Waals surface area contributed by atoms with Crippen LogP contribution in [0.3, 0.4) is 0 Å². The molecule has 0 unspecified atom stereocenters. The summed E-state index contributed by atoms with van der Waals surface area (Å²) in [4.78, 5) is 24.7. The van der Waals surface area contributed by atoms with Crippen molar-refractivity contribution >= 4 is 21.8 Å². The van der Waals surface area contributed by atoms with Crippen LogP contribution in [0.25, 0.3) is 0 Å². The van der Waals surface area contributed by atoms with Crippen LogP contribution in [0.4, 0.5) is 0 Å². The molecule has 164 valence electrons. The van der Waals surface area contributed by atoms with Gasteiger partial charge in [0.2, 0.25) is 10.0 Å². The van der Waals surface area contributed by atoms with Crippen LogP contribution in [-0.2, 0) is 32.5 Å². The summed E-state index contributed by atoms with van der Waals surface area (Å²) in [6.07, 6.45) is 5.65. The number of esters is 1. The van der Waals surface area contributed by atoms with E-state index in [1.807, 2.05) is 24.3 Å². The quantitative estimate of drug-likeness (QED) is 0.638. The predicted octanol–water partition coefficient (Wildman–Crippen LogP) is 3.74. The number of rotatable bonds is 6. The summed E-state index contributed by atoms with van der Waals surface area (Å²) in [5.74, 6) is -0.652. The standard InChI is InChI=1S/C24H27NO5S/c26-23(19-7-2-1-3-8-19)17-30-24(27)20-10-12-22(13-11-20)31(28,29)25-15-14-18-6-4-5-9-21(18)16-25/h4-6,9-13,19H,1-3,7-8,14-17H2. The van der Waals surface area contributed by atoms with E-state index in [-0.39, 0.29) is 28.8 Å². The Morgan fingerprint density at radius 3 is 2.32 bits per heavy atom. The van der Waals surface area contributed by atoms with Crippen molar-refractivity contribution in [1.82, 2.24) is 4.31 Å². The molecule has 1 aliphatic carbocycles. The molecule has 0 radical (unpaired) electrons. The van der Waals surface area contributed by atoms with E-state index < -0.39 is 16.0 Å². The molecule has 0 bridgehead atoms. The molecule has 31 heavy (non-hydrogen) atoms. The molecule has 0 spiro atoms. The highest BCUT2D eigenvalue weighted by molar-refractivity contribution is 7.89. The number of Topliss-reactive ketones (excluding diaryl/α,β-unsaturated/α-hetero) is 1. The Morgan fingerprint density at radius 2 is 1.61 bits per heavy atom. The second-order valence-corrected chi connectivity index (χ2v) is 10.2. The number of ketones is 1. The van der Waals surface area contributed by atoms with Gasteiger partial charge in [-0.25, -0.2) is 13.2 Å². The van der Waals surface area contributed by atoms with Crippen LogP contribution >= 0.6 is 0 Å². The Morgan fingerprint density at radius 1 is 0.935 bits per heavy atom. The molecule has 2 aromatic rings. The van der Waals surface area contributed by atoms with Crippen LogP contribution < -0.4 is 0 Å². The summed E-state index contributed by atoms with van der Waals surface area (Å²) >= 11 is 0. The van der Waals surface area contributed by atoms with E-state index in [2.05, 4.69) is 0 Å². The molecule has 1 aliphatic heterocycles. The van der Waals surface area contributed by atoms with Gasteiger partial charge in [0, 0.05) is 19.0 Å². The molecule has 2 aliphatic rings. The Hall–Kier alpha value is -2.51. The van der Waals surface area contributed by atoms with Gasteiger partial charge in [0.1, 0.15) is 0 Å². The van der Waals surface area contributed by atoms with Crippen molar-refractivity contribution in [2.75, 3.05) is 13.2 Å². The fourth-order valence-electron chi connectivity index (χ4n) is 4.35. The maximum atomic E-state index is 13.0. The molecule has 1 heterocycles. The highest BCUT2D eigenvalue weighted by atomic mass is 32.2. The van der Waals surface area contributed by atoms with Crippen LogP contribution in [-0.4, -0.2) is 37.6 Å². The number of hydrogen-bond acceptors (Lipinski definition) is 5. The molecule has 1 saturated carbocycles. The largest absolute Gasteiger partial charge is 0.454 e. The minimum atomic E-state index is -3.66. The van der Waals surface area contributed by atoms with Crippen LogP contribution in [0.1, 0.15) is 53.6 Å². The summed E-state index contributed by atoms with van der Waals surface area (Å²) < 4.78 is 32.7. The Labute approximate surface area is 183 Å². The van der Waals surface area contributed by atoms with Gasteiger partial charge in [0.05, 0.1) is 10.5 Å². The third kappa shape index (κ3) is 4.88. The maximum Gasteiger partial charge on any atom is 0.338 e. The third-order valence-electron chi connectivity index (χ3n) is 6.23. The van der Waals surface area contributed by atoms with Crippen molar-refractivity contribution in [2.24, 2.45) is 5.92 Å². The van der Waals surface area contributed by atoms with E-state index >= 15 is 0 Å². The van der Waals surface area contributed by atoms with Crippen molar-refractivity contribution in [1.29, 1.82) is 0 Å². The third-order valence-corrected chi connectivity index (χ3v) is 8.09. The fourth-order valence-corrected chi connectivity index (χ4v) is 5.77. The first kappa shape index (κ1) is 21.7. The Bertz CT molecular complexity index is 1060. The lowest BCUT2D eigenvalue weighted by atomic mass is 9.86. The molecule has 6 nitrogen and oxygen atoms in total. The van der Waals surface area contributed by atoms with Crippen LogP contribution in [0.5, 0.6) is 0 Å². The summed E-state index contributed by atoms with van der Waals surface area (Å²) in [6, 6.07) is 13.6. The number of hydrogen-bond donors (Lipinski definition) is 0. The van der Waals surface area contributed by atoms with E-state index in [0.29, 0.717) is 19.5 Å². The van der Waals surface area contributed by atoms with E-state index in [1.165, 1.54) is 34.1 Å². The number of nitrogens with zero attached hydrogens (tertiary/aromatic N) is 1. The predicted molar refractivity (Wildman–Crippen MR) is 116 cm³/mol. The first-order valence-corrected chi connectivity index (χ1v) is 12.3. The first-order chi connectivity index (χ1) is 14.9. The van der Waals surface area contributed by atoms with E-state index in [4.69, 9.17) is 4.74 Å². The number of carbonyl (C=O) groups excluding carboxylic acids is 2. The zero-order valence-corrected chi connectivity index (χ0v) is 18.3. The van der Waals surface area contributed by atoms with Gasteiger partial charge in [-0.1, -0.05) is 43.5 Å². The minimum absolute atomic E-state index is 0.0104. The van der Waals surface area contributed by atoms with Crippen molar-refractivity contribution in [3.05, 3.63) is 65.2 Å².